The molecule has 3 rings (SSSR count). The molecule has 0 fully saturated rings. The number of para-hydroxylation sites is 1. The van der Waals surface area contributed by atoms with Crippen molar-refractivity contribution in [2.24, 2.45) is 0 Å². The lowest BCUT2D eigenvalue weighted by molar-refractivity contribution is 0.613. The highest BCUT2D eigenvalue weighted by Crippen LogP contribution is 2.32. The Hall–Kier alpha value is -2.36. The van der Waals surface area contributed by atoms with Gasteiger partial charge in [0, 0.05) is 17.7 Å². The van der Waals surface area contributed by atoms with Crippen LogP contribution < -0.4 is 0 Å². The zero-order valence-electron chi connectivity index (χ0n) is 13.9. The van der Waals surface area contributed by atoms with Gasteiger partial charge in [-0.1, -0.05) is 47.6 Å². The predicted octanol–water partition coefficient (Wildman–Crippen LogP) is 5.51. The lowest BCUT2D eigenvalue weighted by Gasteiger charge is -2.12. The Morgan fingerprint density at radius 3 is 2.62 bits per heavy atom. The summed E-state index contributed by atoms with van der Waals surface area (Å²) in [6.45, 7) is 0. The van der Waals surface area contributed by atoms with Gasteiger partial charge in [-0.05, 0) is 37.1 Å². The lowest BCUT2D eigenvalue weighted by atomic mass is 10.2. The summed E-state index contributed by atoms with van der Waals surface area (Å²) in [5, 5.41) is 18.3. The number of hydrogen-bond acceptors (Lipinski definition) is 4. The van der Waals surface area contributed by atoms with E-state index in [4.69, 9.17) is 16.9 Å². The summed E-state index contributed by atoms with van der Waals surface area (Å²) in [7, 11) is 0. The van der Waals surface area contributed by atoms with Gasteiger partial charge in [0.05, 0.1) is 16.8 Å². The number of nitriles is 1. The predicted molar refractivity (Wildman–Crippen MR) is 102 cm³/mol. The fourth-order valence-electron chi connectivity index (χ4n) is 2.50. The highest BCUT2D eigenvalue weighted by atomic mass is 35.5. The van der Waals surface area contributed by atoms with Crippen molar-refractivity contribution in [1.29, 1.82) is 5.26 Å². The van der Waals surface area contributed by atoms with Crippen LogP contribution in [0.15, 0.2) is 53.7 Å². The second-order valence-electron chi connectivity index (χ2n) is 5.54. The van der Waals surface area contributed by atoms with Crippen LogP contribution in [0, 0.1) is 17.1 Å². The highest BCUT2D eigenvalue weighted by Gasteiger charge is 2.19. The Morgan fingerprint density at radius 2 is 1.85 bits per heavy atom. The Kier molecular flexibility index (Phi) is 6.26. The van der Waals surface area contributed by atoms with E-state index >= 15 is 0 Å². The number of hydrogen-bond donors (Lipinski definition) is 0. The summed E-state index contributed by atoms with van der Waals surface area (Å²) in [4.78, 5) is 0. The molecular weight excluding hydrogens is 371 g/mol. The topological polar surface area (TPSA) is 54.5 Å². The van der Waals surface area contributed by atoms with Crippen LogP contribution in [-0.4, -0.2) is 20.5 Å². The minimum atomic E-state index is -0.355. The quantitative estimate of drug-likeness (QED) is 0.396. The number of aromatic nitrogens is 3. The monoisotopic (exact) mass is 386 g/mol. The molecular formula is C19H16ClFN4S. The fourth-order valence-corrected chi connectivity index (χ4v) is 3.66. The van der Waals surface area contributed by atoms with Crippen LogP contribution in [0.5, 0.6) is 0 Å². The number of rotatable bonds is 7. The molecule has 0 atom stereocenters. The number of halogens is 2. The number of nitrogens with zero attached hydrogens (tertiary/aromatic N) is 4. The smallest absolute Gasteiger partial charge is 0.196 e. The van der Waals surface area contributed by atoms with Crippen LogP contribution in [0.2, 0.25) is 5.02 Å². The van der Waals surface area contributed by atoms with Crippen LogP contribution in [0.3, 0.4) is 0 Å². The number of thioether (sulfide) groups is 1. The van der Waals surface area contributed by atoms with Gasteiger partial charge in [-0.3, -0.25) is 4.57 Å². The van der Waals surface area contributed by atoms with Crippen LogP contribution >= 0.6 is 23.4 Å². The van der Waals surface area contributed by atoms with E-state index in [-0.39, 0.29) is 5.82 Å². The fraction of sp³-hybridized carbons (Fsp3) is 0.211. The Balaban J connectivity index is 2.00. The molecule has 0 aliphatic rings. The third-order valence-corrected chi connectivity index (χ3v) is 5.10. The van der Waals surface area contributed by atoms with E-state index in [2.05, 4.69) is 16.3 Å². The third kappa shape index (κ3) is 4.06. The summed E-state index contributed by atoms with van der Waals surface area (Å²) >= 11 is 7.81. The second kappa shape index (κ2) is 8.84. The molecule has 0 amide bonds. The normalized spacial score (nSPS) is 10.7. The molecule has 0 aliphatic heterocycles. The molecule has 2 aromatic carbocycles. The molecule has 1 heterocycles. The summed E-state index contributed by atoms with van der Waals surface area (Å²) in [6.07, 6.45) is 2.24. The van der Waals surface area contributed by atoms with Crippen molar-refractivity contribution in [3.8, 4) is 23.1 Å². The summed E-state index contributed by atoms with van der Waals surface area (Å²) in [5.74, 6) is 0.920. The van der Waals surface area contributed by atoms with Crippen molar-refractivity contribution >= 4 is 23.4 Å². The summed E-state index contributed by atoms with van der Waals surface area (Å²) in [5.41, 5.74) is 1.08. The molecule has 0 spiro atoms. The first-order chi connectivity index (χ1) is 12.7. The molecule has 0 saturated carbocycles. The van der Waals surface area contributed by atoms with E-state index in [1.54, 1.807) is 28.8 Å². The van der Waals surface area contributed by atoms with Crippen molar-refractivity contribution in [1.82, 2.24) is 14.8 Å². The van der Waals surface area contributed by atoms with Crippen molar-refractivity contribution in [2.45, 2.75) is 24.4 Å². The Labute approximate surface area is 160 Å². The van der Waals surface area contributed by atoms with Gasteiger partial charge in [0.15, 0.2) is 11.0 Å². The minimum absolute atomic E-state index is 0.355. The van der Waals surface area contributed by atoms with Crippen molar-refractivity contribution in [3.63, 3.8) is 0 Å². The Morgan fingerprint density at radius 1 is 1.08 bits per heavy atom. The largest absolute Gasteiger partial charge is 0.267 e. The van der Waals surface area contributed by atoms with Gasteiger partial charge in [0.1, 0.15) is 5.82 Å². The van der Waals surface area contributed by atoms with Crippen LogP contribution in [0.25, 0.3) is 17.1 Å². The van der Waals surface area contributed by atoms with E-state index in [1.807, 2.05) is 18.2 Å². The number of benzene rings is 2. The van der Waals surface area contributed by atoms with Gasteiger partial charge < -0.3 is 0 Å². The first-order valence-corrected chi connectivity index (χ1v) is 9.53. The van der Waals surface area contributed by atoms with E-state index in [0.29, 0.717) is 33.7 Å². The van der Waals surface area contributed by atoms with Gasteiger partial charge in [-0.15, -0.1) is 10.2 Å². The van der Waals surface area contributed by atoms with Crippen LogP contribution in [0.1, 0.15) is 19.3 Å². The maximum absolute atomic E-state index is 14.5. The minimum Gasteiger partial charge on any atom is -0.267 e. The molecule has 3 aromatic rings. The molecule has 26 heavy (non-hydrogen) atoms. The van der Waals surface area contributed by atoms with E-state index in [9.17, 15) is 4.39 Å². The molecule has 7 heteroatoms. The van der Waals surface area contributed by atoms with Crippen molar-refractivity contribution < 1.29 is 4.39 Å². The van der Waals surface area contributed by atoms with Gasteiger partial charge in [0.25, 0.3) is 0 Å². The first kappa shape index (κ1) is 18.4. The molecule has 1 aromatic heterocycles. The Bertz CT molecular complexity index is 935. The van der Waals surface area contributed by atoms with Gasteiger partial charge in [0.2, 0.25) is 0 Å². The first-order valence-electron chi connectivity index (χ1n) is 8.17. The summed E-state index contributed by atoms with van der Waals surface area (Å²) in [6, 6.07) is 16.0. The average Bonchev–Trinajstić information content (AvgIpc) is 3.06. The molecule has 4 nitrogen and oxygen atoms in total. The molecule has 132 valence electrons. The van der Waals surface area contributed by atoms with Gasteiger partial charge >= 0.3 is 0 Å². The lowest BCUT2D eigenvalue weighted by Crippen LogP contribution is -2.02. The van der Waals surface area contributed by atoms with Crippen molar-refractivity contribution in [3.05, 3.63) is 59.4 Å². The second-order valence-corrected chi connectivity index (χ2v) is 7.01. The van der Waals surface area contributed by atoms with Gasteiger partial charge in [-0.2, -0.15) is 5.26 Å². The maximum Gasteiger partial charge on any atom is 0.196 e. The number of unbranched alkanes of at least 4 members (excludes halogenated alkanes) is 2. The molecule has 0 N–H and O–H groups in total. The van der Waals surface area contributed by atoms with Crippen LogP contribution in [0.4, 0.5) is 4.39 Å². The van der Waals surface area contributed by atoms with Crippen molar-refractivity contribution in [2.75, 3.05) is 5.75 Å². The molecule has 0 bridgehead atoms. The molecule has 0 unspecified atom stereocenters. The van der Waals surface area contributed by atoms with Gasteiger partial charge in [-0.25, -0.2) is 4.39 Å². The SMILES string of the molecule is N#CCCCCSc1nnc(-c2ccccc2Cl)n1-c1ccccc1F. The maximum atomic E-state index is 14.5. The van der Waals surface area contributed by atoms with E-state index in [1.165, 1.54) is 17.8 Å². The third-order valence-electron chi connectivity index (χ3n) is 3.76. The molecule has 0 radical (unpaired) electrons. The molecule has 0 aliphatic carbocycles. The zero-order valence-corrected chi connectivity index (χ0v) is 15.5. The van der Waals surface area contributed by atoms with Crippen LogP contribution in [-0.2, 0) is 0 Å². The van der Waals surface area contributed by atoms with E-state index < -0.39 is 0 Å². The highest BCUT2D eigenvalue weighted by molar-refractivity contribution is 7.99. The van der Waals surface area contributed by atoms with E-state index in [0.717, 1.165) is 18.6 Å². The standard InChI is InChI=1S/C19H16ClFN4S/c20-15-9-3-2-8-14(15)18-23-24-19(26-13-7-1-6-12-22)25(18)17-11-5-4-10-16(17)21/h2-5,8-11H,1,6-7,13H2. The molecule has 0 saturated heterocycles. The zero-order chi connectivity index (χ0) is 18.4. The summed E-state index contributed by atoms with van der Waals surface area (Å²) < 4.78 is 16.2. The average molecular weight is 387 g/mol.